The summed E-state index contributed by atoms with van der Waals surface area (Å²) in [4.78, 5) is 26.0. The highest BCUT2D eigenvalue weighted by Gasteiger charge is 2.34. The third kappa shape index (κ3) is 8.73. The molecule has 3 aromatic rings. The van der Waals surface area contributed by atoms with Crippen LogP contribution >= 0.6 is 0 Å². The minimum absolute atomic E-state index is 0.0626. The van der Waals surface area contributed by atoms with E-state index in [-0.39, 0.29) is 44.5 Å². The molecule has 1 saturated heterocycles. The number of rotatable bonds is 11. The Morgan fingerprint density at radius 2 is 1.51 bits per heavy atom. The molecule has 1 amide bonds. The van der Waals surface area contributed by atoms with Gasteiger partial charge in [0.1, 0.15) is 17.2 Å². The number of carbonyl (C=O) groups excluding carboxylic acids is 2. The van der Waals surface area contributed by atoms with Gasteiger partial charge < -0.3 is 19.1 Å². The van der Waals surface area contributed by atoms with Gasteiger partial charge in [0.05, 0.1) is 24.7 Å². The highest BCUT2D eigenvalue weighted by molar-refractivity contribution is 7.89. The minimum atomic E-state index is -4.67. The number of sulfonamides is 1. The monoisotopic (exact) mass is 644 g/mol. The van der Waals surface area contributed by atoms with E-state index in [1.54, 1.807) is 61.7 Å². The molecule has 1 aliphatic rings. The van der Waals surface area contributed by atoms with Crippen molar-refractivity contribution in [2.75, 3.05) is 47.0 Å². The number of piperazine rings is 1. The summed E-state index contributed by atoms with van der Waals surface area (Å²) in [5, 5.41) is 0. The Hall–Kier alpha value is -4.62. The van der Waals surface area contributed by atoms with Crippen LogP contribution in [0.15, 0.2) is 83.8 Å². The number of allylic oxidation sites excluding steroid dienone is 2. The predicted molar refractivity (Wildman–Crippen MR) is 161 cm³/mol. The number of methoxy groups -OCH3 is 2. The fourth-order valence-electron chi connectivity index (χ4n) is 4.43. The lowest BCUT2D eigenvalue weighted by molar-refractivity contribution is -0.138. The summed E-state index contributed by atoms with van der Waals surface area (Å²) >= 11 is 0. The molecule has 0 spiro atoms. The second-order valence-corrected chi connectivity index (χ2v) is 11.8. The Bertz CT molecular complexity index is 1680. The summed E-state index contributed by atoms with van der Waals surface area (Å²) in [6.07, 6.45) is 1.45. The topological polar surface area (TPSA) is 102 Å². The van der Waals surface area contributed by atoms with Crippen LogP contribution in [0, 0.1) is 0 Å². The van der Waals surface area contributed by atoms with Crippen molar-refractivity contribution in [2.24, 2.45) is 0 Å². The first-order valence-corrected chi connectivity index (χ1v) is 15.1. The Morgan fingerprint density at radius 3 is 2.16 bits per heavy atom. The largest absolute Gasteiger partial charge is 0.497 e. The summed E-state index contributed by atoms with van der Waals surface area (Å²) in [5.74, 6) is 1.03. The Morgan fingerprint density at radius 1 is 0.844 bits per heavy atom. The standard InChI is InChI=1S/C32H31F3N2O7S/c1-42-28-15-10-24(30(21-28)43-2)9-12-26(38)11-6-23-7-13-27(14-8-23)44-22-31(39)36-16-18-37(19-17-36)45(40,41)29-5-3-4-25(20-29)32(33,34)35/h3-15,20-21H,16-19,22H2,1-2H3. The van der Waals surface area contributed by atoms with Crippen LogP contribution in [-0.2, 0) is 25.8 Å². The summed E-state index contributed by atoms with van der Waals surface area (Å²) < 4.78 is 82.1. The van der Waals surface area contributed by atoms with E-state index < -0.39 is 26.7 Å². The molecular weight excluding hydrogens is 613 g/mol. The van der Waals surface area contributed by atoms with Gasteiger partial charge in [0, 0.05) is 37.8 Å². The number of alkyl halides is 3. The van der Waals surface area contributed by atoms with Crippen LogP contribution in [0.2, 0.25) is 0 Å². The van der Waals surface area contributed by atoms with Crippen LogP contribution in [0.5, 0.6) is 17.2 Å². The van der Waals surface area contributed by atoms with Crippen molar-refractivity contribution in [3.05, 3.63) is 95.6 Å². The maximum absolute atomic E-state index is 13.0. The van der Waals surface area contributed by atoms with Crippen molar-refractivity contribution in [2.45, 2.75) is 11.1 Å². The first-order valence-electron chi connectivity index (χ1n) is 13.7. The van der Waals surface area contributed by atoms with E-state index in [1.165, 1.54) is 24.2 Å². The molecule has 4 rings (SSSR count). The number of nitrogens with zero attached hydrogens (tertiary/aromatic N) is 2. The maximum atomic E-state index is 13.0. The van der Waals surface area contributed by atoms with Gasteiger partial charge >= 0.3 is 6.18 Å². The molecule has 3 aromatic carbocycles. The molecular formula is C32H31F3N2O7S. The molecule has 13 heteroatoms. The van der Waals surface area contributed by atoms with Gasteiger partial charge in [0.15, 0.2) is 12.4 Å². The first-order chi connectivity index (χ1) is 21.4. The van der Waals surface area contributed by atoms with E-state index in [0.717, 1.165) is 33.6 Å². The van der Waals surface area contributed by atoms with Crippen LogP contribution < -0.4 is 14.2 Å². The average Bonchev–Trinajstić information content (AvgIpc) is 3.05. The zero-order valence-corrected chi connectivity index (χ0v) is 25.3. The zero-order valence-electron chi connectivity index (χ0n) is 24.5. The number of hydrogen-bond donors (Lipinski definition) is 0. The van der Waals surface area contributed by atoms with E-state index >= 15 is 0 Å². The Kier molecular flexibility index (Phi) is 10.7. The Balaban J connectivity index is 1.25. The predicted octanol–water partition coefficient (Wildman–Crippen LogP) is 4.93. The quantitative estimate of drug-likeness (QED) is 0.273. The van der Waals surface area contributed by atoms with Crippen LogP contribution in [-0.4, -0.2) is 76.3 Å². The van der Waals surface area contributed by atoms with Crippen molar-refractivity contribution in [1.82, 2.24) is 9.21 Å². The van der Waals surface area contributed by atoms with Gasteiger partial charge in [-0.15, -0.1) is 0 Å². The molecule has 1 fully saturated rings. The number of amides is 1. The highest BCUT2D eigenvalue weighted by atomic mass is 32.2. The van der Waals surface area contributed by atoms with Gasteiger partial charge in [0.25, 0.3) is 5.91 Å². The van der Waals surface area contributed by atoms with Gasteiger partial charge in [-0.1, -0.05) is 24.3 Å². The third-order valence-corrected chi connectivity index (χ3v) is 8.84. The molecule has 0 bridgehead atoms. The highest BCUT2D eigenvalue weighted by Crippen LogP contribution is 2.31. The normalized spacial score (nSPS) is 14.6. The number of ether oxygens (including phenoxy) is 3. The second-order valence-electron chi connectivity index (χ2n) is 9.85. The van der Waals surface area contributed by atoms with E-state index in [0.29, 0.717) is 23.3 Å². The van der Waals surface area contributed by atoms with Gasteiger partial charge in [-0.25, -0.2) is 8.42 Å². The van der Waals surface area contributed by atoms with Gasteiger partial charge in [0.2, 0.25) is 10.0 Å². The fraction of sp³-hybridized carbons (Fsp3) is 0.250. The fourth-order valence-corrected chi connectivity index (χ4v) is 5.90. The number of halogens is 3. The second kappa shape index (κ2) is 14.4. The SMILES string of the molecule is COc1ccc(C=CC(=O)C=Cc2ccc(OCC(=O)N3CCN(S(=O)(=O)c4cccc(C(F)(F)F)c4)CC3)cc2)c(OC)c1. The van der Waals surface area contributed by atoms with Gasteiger partial charge in [-0.2, -0.15) is 17.5 Å². The number of benzene rings is 3. The average molecular weight is 645 g/mol. The zero-order chi connectivity index (χ0) is 32.6. The molecule has 0 atom stereocenters. The molecule has 9 nitrogen and oxygen atoms in total. The lowest BCUT2D eigenvalue weighted by Crippen LogP contribution is -2.51. The van der Waals surface area contributed by atoms with Crippen molar-refractivity contribution in [3.63, 3.8) is 0 Å². The summed E-state index contributed by atoms with van der Waals surface area (Å²) in [6.45, 7) is -0.275. The molecule has 0 aromatic heterocycles. The van der Waals surface area contributed by atoms with E-state index in [2.05, 4.69) is 0 Å². The van der Waals surface area contributed by atoms with Gasteiger partial charge in [-0.05, 0) is 66.3 Å². The van der Waals surface area contributed by atoms with Gasteiger partial charge in [-0.3, -0.25) is 9.59 Å². The van der Waals surface area contributed by atoms with Crippen LogP contribution in [0.3, 0.4) is 0 Å². The van der Waals surface area contributed by atoms with E-state index in [9.17, 15) is 31.2 Å². The number of hydrogen-bond acceptors (Lipinski definition) is 7. The smallest absolute Gasteiger partial charge is 0.416 e. The molecule has 0 radical (unpaired) electrons. The number of ketones is 1. The molecule has 0 saturated carbocycles. The maximum Gasteiger partial charge on any atom is 0.416 e. The summed E-state index contributed by atoms with van der Waals surface area (Å²) in [5.41, 5.74) is 0.403. The summed E-state index contributed by atoms with van der Waals surface area (Å²) in [6, 6.07) is 15.6. The molecule has 1 heterocycles. The Labute approximate surface area is 259 Å². The molecule has 0 aliphatic carbocycles. The first kappa shape index (κ1) is 33.3. The van der Waals surface area contributed by atoms with E-state index in [4.69, 9.17) is 14.2 Å². The molecule has 1 aliphatic heterocycles. The minimum Gasteiger partial charge on any atom is -0.497 e. The van der Waals surface area contributed by atoms with Crippen LogP contribution in [0.25, 0.3) is 12.2 Å². The molecule has 45 heavy (non-hydrogen) atoms. The van der Waals surface area contributed by atoms with Crippen molar-refractivity contribution in [1.29, 1.82) is 0 Å². The van der Waals surface area contributed by atoms with E-state index in [1.807, 2.05) is 0 Å². The molecule has 0 N–H and O–H groups in total. The van der Waals surface area contributed by atoms with Crippen LogP contribution in [0.4, 0.5) is 13.2 Å². The third-order valence-electron chi connectivity index (χ3n) is 6.94. The molecule has 0 unspecified atom stereocenters. The van der Waals surface area contributed by atoms with Crippen molar-refractivity contribution in [3.8, 4) is 17.2 Å². The number of carbonyl (C=O) groups is 2. The lowest BCUT2D eigenvalue weighted by atomic mass is 10.1. The summed E-state index contributed by atoms with van der Waals surface area (Å²) in [7, 11) is -1.08. The lowest BCUT2D eigenvalue weighted by Gasteiger charge is -2.34. The van der Waals surface area contributed by atoms with Crippen molar-refractivity contribution >= 4 is 33.9 Å². The van der Waals surface area contributed by atoms with Crippen LogP contribution in [0.1, 0.15) is 16.7 Å². The van der Waals surface area contributed by atoms with Crippen molar-refractivity contribution < 1.29 is 45.4 Å². The molecule has 238 valence electrons.